The van der Waals surface area contributed by atoms with E-state index in [0.29, 0.717) is 11.0 Å². The number of hydrogen-bond donors (Lipinski definition) is 1. The first-order valence-corrected chi connectivity index (χ1v) is 5.85. The lowest BCUT2D eigenvalue weighted by Gasteiger charge is -1.99. The Labute approximate surface area is 102 Å². The van der Waals surface area contributed by atoms with Gasteiger partial charge in [-0.2, -0.15) is 0 Å². The molecule has 0 bridgehead atoms. The van der Waals surface area contributed by atoms with Gasteiger partial charge >= 0.3 is 0 Å². The van der Waals surface area contributed by atoms with E-state index >= 15 is 0 Å². The second-order valence-corrected chi connectivity index (χ2v) is 4.14. The van der Waals surface area contributed by atoms with E-state index in [1.807, 2.05) is 0 Å². The Morgan fingerprint density at radius 1 is 1.47 bits per heavy atom. The van der Waals surface area contributed by atoms with Crippen molar-refractivity contribution in [1.82, 2.24) is 15.1 Å². The van der Waals surface area contributed by atoms with Crippen LogP contribution in [0.15, 0.2) is 34.2 Å². The van der Waals surface area contributed by atoms with Gasteiger partial charge in [0.15, 0.2) is 5.16 Å². The van der Waals surface area contributed by atoms with Gasteiger partial charge in [0.1, 0.15) is 0 Å². The fourth-order valence-electron chi connectivity index (χ4n) is 1.09. The average molecular weight is 250 g/mol. The van der Waals surface area contributed by atoms with Gasteiger partial charge in [0.2, 0.25) is 11.8 Å². The van der Waals surface area contributed by atoms with Crippen molar-refractivity contribution in [1.29, 1.82) is 0 Å². The van der Waals surface area contributed by atoms with E-state index in [1.165, 1.54) is 11.8 Å². The molecule has 1 amide bonds. The summed E-state index contributed by atoms with van der Waals surface area (Å²) in [5.74, 6) is 0.393. The molecule has 0 fully saturated rings. The molecule has 0 aliphatic rings. The molecule has 0 saturated heterocycles. The van der Waals surface area contributed by atoms with E-state index in [2.05, 4.69) is 20.4 Å². The SMILES string of the molecule is Cc1cc(NC(=O)CSc2ncccn2)on1. The molecule has 0 aliphatic carbocycles. The van der Waals surface area contributed by atoms with Crippen LogP contribution >= 0.6 is 11.8 Å². The molecule has 2 aromatic rings. The molecule has 17 heavy (non-hydrogen) atoms. The van der Waals surface area contributed by atoms with Crippen molar-refractivity contribution in [3.8, 4) is 0 Å². The zero-order valence-electron chi connectivity index (χ0n) is 9.08. The molecule has 0 spiro atoms. The van der Waals surface area contributed by atoms with Crippen LogP contribution in [0.3, 0.4) is 0 Å². The zero-order chi connectivity index (χ0) is 12.1. The van der Waals surface area contributed by atoms with Crippen LogP contribution < -0.4 is 5.32 Å². The lowest BCUT2D eigenvalue weighted by Crippen LogP contribution is -2.13. The Bertz CT molecular complexity index is 500. The Balaban J connectivity index is 1.82. The summed E-state index contributed by atoms with van der Waals surface area (Å²) in [4.78, 5) is 19.5. The number of nitrogens with one attached hydrogen (secondary N) is 1. The lowest BCUT2D eigenvalue weighted by atomic mass is 10.5. The molecule has 0 aromatic carbocycles. The molecule has 1 N–H and O–H groups in total. The molecule has 2 rings (SSSR count). The number of rotatable bonds is 4. The standard InChI is InChI=1S/C10H10N4O2S/c1-7-5-9(16-14-7)13-8(15)6-17-10-11-3-2-4-12-10/h2-5H,6H2,1H3,(H,13,15). The zero-order valence-corrected chi connectivity index (χ0v) is 9.90. The second-order valence-electron chi connectivity index (χ2n) is 3.20. The highest BCUT2D eigenvalue weighted by Crippen LogP contribution is 2.13. The first-order valence-electron chi connectivity index (χ1n) is 4.87. The van der Waals surface area contributed by atoms with Gasteiger partial charge in [-0.15, -0.1) is 0 Å². The van der Waals surface area contributed by atoms with Crippen LogP contribution in [0.1, 0.15) is 5.69 Å². The van der Waals surface area contributed by atoms with Gasteiger partial charge < -0.3 is 4.52 Å². The molecule has 7 heteroatoms. The Morgan fingerprint density at radius 2 is 2.24 bits per heavy atom. The topological polar surface area (TPSA) is 80.9 Å². The van der Waals surface area contributed by atoms with Crippen LogP contribution in [0.2, 0.25) is 0 Å². The Morgan fingerprint density at radius 3 is 2.88 bits per heavy atom. The van der Waals surface area contributed by atoms with Crippen molar-refractivity contribution in [3.63, 3.8) is 0 Å². The van der Waals surface area contributed by atoms with E-state index in [0.717, 1.165) is 5.69 Å². The summed E-state index contributed by atoms with van der Waals surface area (Å²) in [5, 5.41) is 6.82. The lowest BCUT2D eigenvalue weighted by molar-refractivity contribution is -0.113. The fourth-order valence-corrected chi connectivity index (χ4v) is 1.69. The molecule has 2 aromatic heterocycles. The number of aryl methyl sites for hydroxylation is 1. The maximum Gasteiger partial charge on any atom is 0.237 e. The molecular formula is C10H10N4O2S. The number of anilines is 1. The van der Waals surface area contributed by atoms with E-state index in [9.17, 15) is 4.79 Å². The van der Waals surface area contributed by atoms with Gasteiger partial charge in [0, 0.05) is 18.5 Å². The highest BCUT2D eigenvalue weighted by atomic mass is 32.2. The van der Waals surface area contributed by atoms with E-state index in [1.54, 1.807) is 31.5 Å². The Kier molecular flexibility index (Phi) is 3.71. The minimum Gasteiger partial charge on any atom is -0.338 e. The number of carbonyl (C=O) groups is 1. The van der Waals surface area contributed by atoms with Crippen molar-refractivity contribution in [3.05, 3.63) is 30.2 Å². The van der Waals surface area contributed by atoms with Crippen LogP contribution in [0.5, 0.6) is 0 Å². The van der Waals surface area contributed by atoms with Gasteiger partial charge in [-0.1, -0.05) is 16.9 Å². The first kappa shape index (κ1) is 11.6. The molecule has 0 saturated carbocycles. The molecule has 0 radical (unpaired) electrons. The summed E-state index contributed by atoms with van der Waals surface area (Å²) in [6, 6.07) is 3.38. The minimum absolute atomic E-state index is 0.182. The third-order valence-electron chi connectivity index (χ3n) is 1.77. The normalized spacial score (nSPS) is 10.2. The second kappa shape index (κ2) is 5.44. The number of thioether (sulfide) groups is 1. The number of hydrogen-bond acceptors (Lipinski definition) is 6. The van der Waals surface area contributed by atoms with Crippen LogP contribution in [0.4, 0.5) is 5.88 Å². The van der Waals surface area contributed by atoms with Crippen molar-refractivity contribution >= 4 is 23.6 Å². The molecular weight excluding hydrogens is 240 g/mol. The quantitative estimate of drug-likeness (QED) is 0.654. The number of carbonyl (C=O) groups excluding carboxylic acids is 1. The minimum atomic E-state index is -0.182. The van der Waals surface area contributed by atoms with Crippen molar-refractivity contribution in [2.75, 3.05) is 11.1 Å². The third-order valence-corrected chi connectivity index (χ3v) is 2.64. The summed E-state index contributed by atoms with van der Waals surface area (Å²) < 4.78 is 4.86. The summed E-state index contributed by atoms with van der Waals surface area (Å²) in [6.07, 6.45) is 3.26. The summed E-state index contributed by atoms with van der Waals surface area (Å²) in [5.41, 5.74) is 0.722. The molecule has 6 nitrogen and oxygen atoms in total. The van der Waals surface area contributed by atoms with Crippen molar-refractivity contribution in [2.45, 2.75) is 12.1 Å². The van der Waals surface area contributed by atoms with Gasteiger partial charge in [0.05, 0.1) is 11.4 Å². The maximum absolute atomic E-state index is 11.5. The molecule has 0 unspecified atom stereocenters. The smallest absolute Gasteiger partial charge is 0.237 e. The fraction of sp³-hybridized carbons (Fsp3) is 0.200. The van der Waals surface area contributed by atoms with E-state index in [4.69, 9.17) is 4.52 Å². The highest BCUT2D eigenvalue weighted by molar-refractivity contribution is 7.99. The Hall–Kier alpha value is -1.89. The van der Waals surface area contributed by atoms with Gasteiger partial charge in [0.25, 0.3) is 0 Å². The first-order chi connectivity index (χ1) is 8.24. The largest absolute Gasteiger partial charge is 0.338 e. The third kappa shape index (κ3) is 3.56. The predicted molar refractivity (Wildman–Crippen MR) is 62.6 cm³/mol. The monoisotopic (exact) mass is 250 g/mol. The molecule has 2 heterocycles. The summed E-state index contributed by atoms with van der Waals surface area (Å²) in [7, 11) is 0. The molecule has 0 aliphatic heterocycles. The van der Waals surface area contributed by atoms with Crippen LogP contribution in [-0.4, -0.2) is 26.8 Å². The van der Waals surface area contributed by atoms with Crippen LogP contribution in [0, 0.1) is 6.92 Å². The van der Waals surface area contributed by atoms with Gasteiger partial charge in [-0.3, -0.25) is 10.1 Å². The van der Waals surface area contributed by atoms with Crippen LogP contribution in [0.25, 0.3) is 0 Å². The van der Waals surface area contributed by atoms with E-state index < -0.39 is 0 Å². The maximum atomic E-state index is 11.5. The number of aromatic nitrogens is 3. The van der Waals surface area contributed by atoms with Crippen molar-refractivity contribution < 1.29 is 9.32 Å². The highest BCUT2D eigenvalue weighted by Gasteiger charge is 2.07. The van der Waals surface area contributed by atoms with Crippen molar-refractivity contribution in [2.24, 2.45) is 0 Å². The summed E-state index contributed by atoms with van der Waals surface area (Å²) >= 11 is 1.26. The van der Waals surface area contributed by atoms with Gasteiger partial charge in [-0.05, 0) is 13.0 Å². The molecule has 0 atom stereocenters. The van der Waals surface area contributed by atoms with Gasteiger partial charge in [-0.25, -0.2) is 9.97 Å². The molecule has 88 valence electrons. The predicted octanol–water partition coefficient (Wildman–Crippen LogP) is 1.50. The van der Waals surface area contributed by atoms with E-state index in [-0.39, 0.29) is 11.7 Å². The van der Waals surface area contributed by atoms with Crippen LogP contribution in [-0.2, 0) is 4.79 Å². The number of amides is 1. The number of nitrogens with zero attached hydrogens (tertiary/aromatic N) is 3. The summed E-state index contributed by atoms with van der Waals surface area (Å²) in [6.45, 7) is 1.78. The average Bonchev–Trinajstić information content (AvgIpc) is 2.73.